The van der Waals surface area contributed by atoms with E-state index in [2.05, 4.69) is 62.9 Å². The van der Waals surface area contributed by atoms with Gasteiger partial charge in [-0.1, -0.05) is 109 Å². The van der Waals surface area contributed by atoms with E-state index in [1.54, 1.807) is 0 Å². The number of benzene rings is 5. The van der Waals surface area contributed by atoms with Crippen LogP contribution in [0, 0.1) is 0 Å². The Kier molecular flexibility index (Phi) is 10.6. The number of hydrogen-bond acceptors (Lipinski definition) is 7. The molecule has 9 nitrogen and oxygen atoms in total. The third-order valence-electron chi connectivity index (χ3n) is 11.2. The predicted molar refractivity (Wildman–Crippen MR) is 208 cm³/mol. The van der Waals surface area contributed by atoms with Gasteiger partial charge in [0, 0.05) is 49.4 Å². The Morgan fingerprint density at radius 1 is 0.796 bits per heavy atom. The van der Waals surface area contributed by atoms with Crippen LogP contribution in [0.15, 0.2) is 133 Å². The second kappa shape index (κ2) is 16.0. The van der Waals surface area contributed by atoms with Gasteiger partial charge in [-0.15, -0.1) is 0 Å². The van der Waals surface area contributed by atoms with Crippen molar-refractivity contribution in [2.75, 3.05) is 31.2 Å². The van der Waals surface area contributed by atoms with E-state index >= 15 is 0 Å². The molecule has 0 aliphatic carbocycles. The van der Waals surface area contributed by atoms with Gasteiger partial charge in [0.05, 0.1) is 25.5 Å². The Hall–Kier alpha value is -5.32. The van der Waals surface area contributed by atoms with Crippen LogP contribution >= 0.6 is 0 Å². The zero-order valence-electron chi connectivity index (χ0n) is 30.3. The lowest BCUT2D eigenvalue weighted by molar-refractivity contribution is -0.253. The minimum absolute atomic E-state index is 0.00872. The maximum absolute atomic E-state index is 13.3. The molecule has 5 aromatic carbocycles. The van der Waals surface area contributed by atoms with Gasteiger partial charge in [-0.2, -0.15) is 0 Å². The van der Waals surface area contributed by atoms with Crippen molar-refractivity contribution in [1.82, 2.24) is 15.5 Å². The van der Waals surface area contributed by atoms with Crippen LogP contribution in [0.3, 0.4) is 0 Å². The van der Waals surface area contributed by atoms with Crippen molar-refractivity contribution in [3.05, 3.63) is 161 Å². The SMILES string of the molecule is O=C(NCc1ccccc1-c1ccc([C@@H]2O[C@H](CN3CCC4(CC3)C(=O)NCN4c3ccccc3)C[C@H](c3ccc(CO)cc3)O2)cc1)c1ccccc1. The molecule has 3 fully saturated rings. The second-order valence-electron chi connectivity index (χ2n) is 14.4. The first-order chi connectivity index (χ1) is 26.5. The average molecular weight is 723 g/mol. The molecule has 3 atom stereocenters. The Labute approximate surface area is 316 Å². The third kappa shape index (κ3) is 7.54. The van der Waals surface area contributed by atoms with Crippen LogP contribution in [0.1, 0.15) is 64.3 Å². The van der Waals surface area contributed by atoms with E-state index in [9.17, 15) is 14.7 Å². The zero-order valence-corrected chi connectivity index (χ0v) is 30.3. The molecular weight excluding hydrogens is 677 g/mol. The molecule has 54 heavy (non-hydrogen) atoms. The number of para-hydroxylation sites is 1. The summed E-state index contributed by atoms with van der Waals surface area (Å²) in [6, 6.07) is 43.8. The van der Waals surface area contributed by atoms with Gasteiger partial charge in [0.2, 0.25) is 5.91 Å². The Balaban J connectivity index is 0.974. The molecule has 3 aliphatic rings. The summed E-state index contributed by atoms with van der Waals surface area (Å²) in [5.41, 5.74) is 7.10. The Bertz CT molecular complexity index is 2030. The van der Waals surface area contributed by atoms with Gasteiger partial charge in [-0.3, -0.25) is 9.59 Å². The van der Waals surface area contributed by atoms with Gasteiger partial charge >= 0.3 is 0 Å². The summed E-state index contributed by atoms with van der Waals surface area (Å²) in [4.78, 5) is 30.7. The molecule has 0 bridgehead atoms. The van der Waals surface area contributed by atoms with Gasteiger partial charge in [-0.05, 0) is 64.9 Å². The van der Waals surface area contributed by atoms with Crippen molar-refractivity contribution >= 4 is 17.5 Å². The number of aliphatic hydroxyl groups is 1. The maximum Gasteiger partial charge on any atom is 0.251 e. The van der Waals surface area contributed by atoms with Crippen LogP contribution in [0.5, 0.6) is 0 Å². The summed E-state index contributed by atoms with van der Waals surface area (Å²) in [7, 11) is 0. The van der Waals surface area contributed by atoms with Crippen LogP contribution in [-0.4, -0.2) is 59.8 Å². The summed E-state index contributed by atoms with van der Waals surface area (Å²) >= 11 is 0. The first-order valence-corrected chi connectivity index (χ1v) is 18.8. The highest BCUT2D eigenvalue weighted by atomic mass is 16.7. The van der Waals surface area contributed by atoms with Gasteiger partial charge in [0.1, 0.15) is 5.54 Å². The normalized spacial score (nSPS) is 21.2. The lowest BCUT2D eigenvalue weighted by Gasteiger charge is -2.45. The van der Waals surface area contributed by atoms with E-state index in [1.165, 1.54) is 0 Å². The lowest BCUT2D eigenvalue weighted by atomic mass is 9.85. The number of rotatable bonds is 10. The van der Waals surface area contributed by atoms with E-state index in [1.807, 2.05) is 91.0 Å². The topological polar surface area (TPSA) is 103 Å². The number of hydrogen-bond donors (Lipinski definition) is 3. The molecule has 1 spiro atoms. The first-order valence-electron chi connectivity index (χ1n) is 18.8. The quantitative estimate of drug-likeness (QED) is 0.147. The first kappa shape index (κ1) is 35.7. The van der Waals surface area contributed by atoms with E-state index in [0.717, 1.165) is 71.5 Å². The van der Waals surface area contributed by atoms with Crippen molar-refractivity contribution in [3.8, 4) is 11.1 Å². The molecular formula is C45H46N4O5. The van der Waals surface area contributed by atoms with Crippen molar-refractivity contribution in [2.45, 2.75) is 56.5 Å². The van der Waals surface area contributed by atoms with E-state index in [4.69, 9.17) is 9.47 Å². The van der Waals surface area contributed by atoms with Crippen molar-refractivity contribution in [1.29, 1.82) is 0 Å². The largest absolute Gasteiger partial charge is 0.392 e. The van der Waals surface area contributed by atoms with Crippen LogP contribution < -0.4 is 15.5 Å². The molecule has 3 saturated heterocycles. The summed E-state index contributed by atoms with van der Waals surface area (Å²) in [5, 5.41) is 15.8. The number of amides is 2. The number of piperidine rings is 1. The number of aliphatic hydroxyl groups excluding tert-OH is 1. The fourth-order valence-corrected chi connectivity index (χ4v) is 8.10. The van der Waals surface area contributed by atoms with Gasteiger partial charge in [-0.25, -0.2) is 0 Å². The summed E-state index contributed by atoms with van der Waals surface area (Å²) in [5.74, 6) is 0.00693. The number of anilines is 1. The summed E-state index contributed by atoms with van der Waals surface area (Å²) in [6.45, 7) is 3.24. The number of carbonyl (C=O) groups is 2. The molecule has 0 radical (unpaired) electrons. The van der Waals surface area contributed by atoms with Crippen molar-refractivity contribution in [2.24, 2.45) is 0 Å². The smallest absolute Gasteiger partial charge is 0.251 e. The maximum atomic E-state index is 13.3. The van der Waals surface area contributed by atoms with Crippen LogP contribution in [-0.2, 0) is 27.4 Å². The van der Waals surface area contributed by atoms with Crippen LogP contribution in [0.4, 0.5) is 5.69 Å². The lowest BCUT2D eigenvalue weighted by Crippen LogP contribution is -2.57. The zero-order chi connectivity index (χ0) is 36.9. The molecule has 3 aliphatic heterocycles. The predicted octanol–water partition coefficient (Wildman–Crippen LogP) is 6.75. The fraction of sp³-hybridized carbons (Fsp3) is 0.289. The van der Waals surface area contributed by atoms with Crippen LogP contribution in [0.25, 0.3) is 11.1 Å². The van der Waals surface area contributed by atoms with Gasteiger partial charge in [0.15, 0.2) is 6.29 Å². The molecule has 8 rings (SSSR count). The number of ether oxygens (including phenoxy) is 2. The minimum Gasteiger partial charge on any atom is -0.392 e. The summed E-state index contributed by atoms with van der Waals surface area (Å²) in [6.07, 6.45) is 1.30. The van der Waals surface area contributed by atoms with Gasteiger partial charge in [0.25, 0.3) is 5.91 Å². The monoisotopic (exact) mass is 722 g/mol. The van der Waals surface area contributed by atoms with E-state index in [0.29, 0.717) is 25.2 Å². The van der Waals surface area contributed by atoms with Crippen LogP contribution in [0.2, 0.25) is 0 Å². The Morgan fingerprint density at radius 3 is 2.19 bits per heavy atom. The molecule has 276 valence electrons. The van der Waals surface area contributed by atoms with Crippen molar-refractivity contribution < 1.29 is 24.2 Å². The number of nitrogens with one attached hydrogen (secondary N) is 2. The fourth-order valence-electron chi connectivity index (χ4n) is 8.10. The highest BCUT2D eigenvalue weighted by Crippen LogP contribution is 2.40. The second-order valence-corrected chi connectivity index (χ2v) is 14.4. The van der Waals surface area contributed by atoms with Gasteiger partial charge < -0.3 is 35.0 Å². The number of carbonyl (C=O) groups excluding carboxylic acids is 2. The molecule has 0 aromatic heterocycles. The minimum atomic E-state index is -0.578. The highest BCUT2D eigenvalue weighted by molar-refractivity contribution is 5.94. The molecule has 0 unspecified atom stereocenters. The van der Waals surface area contributed by atoms with Crippen molar-refractivity contribution in [3.63, 3.8) is 0 Å². The molecule has 5 aromatic rings. The molecule has 9 heteroatoms. The number of nitrogens with zero attached hydrogens (tertiary/aromatic N) is 2. The summed E-state index contributed by atoms with van der Waals surface area (Å²) < 4.78 is 13.4. The van der Waals surface area contributed by atoms with E-state index < -0.39 is 11.8 Å². The highest BCUT2D eigenvalue weighted by Gasteiger charge is 2.50. The molecule has 0 saturated carbocycles. The van der Waals surface area contributed by atoms with E-state index in [-0.39, 0.29) is 30.6 Å². The molecule has 3 N–H and O–H groups in total. The molecule has 2 amide bonds. The molecule has 3 heterocycles. The third-order valence-corrected chi connectivity index (χ3v) is 11.2. The number of likely N-dealkylation sites (tertiary alicyclic amines) is 1. The Morgan fingerprint density at radius 2 is 1.46 bits per heavy atom. The average Bonchev–Trinajstić information content (AvgIpc) is 3.55. The standard InChI is InChI=1S/C45H46N4O5/c50-30-32-15-17-34(18-16-32)41-27-39(29-48-25-23-45(24-26-48)44(52)47-31-49(45)38-12-5-2-6-13-38)53-43(54-41)36-21-19-33(20-22-36)40-14-8-7-11-37(40)28-46-42(51)35-9-3-1-4-10-35/h1-22,39,41,43,50H,23-31H2,(H,46,51)(H,47,52)/t39-,41+,43+/m0/s1.